The average Bonchev–Trinajstić information content (AvgIpc) is 2.47. The standard InChI is InChI=1S/C12H21NO/c1-9-8-12(10(2)14-9)13-11-6-4-3-5-7-11/h4,6,9-13H,3,5,7-8H2,1-2H3. The smallest absolute Gasteiger partial charge is 0.0704 e. The molecule has 1 N–H and O–H groups in total. The summed E-state index contributed by atoms with van der Waals surface area (Å²) in [5, 5.41) is 3.69. The minimum Gasteiger partial charge on any atom is -0.374 e. The van der Waals surface area contributed by atoms with E-state index in [0.717, 1.165) is 6.42 Å². The predicted octanol–water partition coefficient (Wildman–Crippen LogP) is 2.25. The third kappa shape index (κ3) is 2.37. The van der Waals surface area contributed by atoms with Crippen molar-refractivity contribution in [3.63, 3.8) is 0 Å². The molecule has 1 aliphatic carbocycles. The molecule has 0 radical (unpaired) electrons. The quantitative estimate of drug-likeness (QED) is 0.682. The Labute approximate surface area is 86.7 Å². The van der Waals surface area contributed by atoms with Gasteiger partial charge in [0, 0.05) is 12.1 Å². The van der Waals surface area contributed by atoms with E-state index in [1.54, 1.807) is 0 Å². The maximum atomic E-state index is 5.73. The molecule has 0 aromatic rings. The van der Waals surface area contributed by atoms with Gasteiger partial charge in [-0.15, -0.1) is 0 Å². The van der Waals surface area contributed by atoms with Crippen molar-refractivity contribution in [2.75, 3.05) is 0 Å². The van der Waals surface area contributed by atoms with Crippen LogP contribution in [0.25, 0.3) is 0 Å². The fourth-order valence-corrected chi connectivity index (χ4v) is 2.50. The zero-order chi connectivity index (χ0) is 9.97. The molecule has 0 bridgehead atoms. The first-order chi connectivity index (χ1) is 6.75. The highest BCUT2D eigenvalue weighted by Gasteiger charge is 2.30. The van der Waals surface area contributed by atoms with E-state index >= 15 is 0 Å². The van der Waals surface area contributed by atoms with E-state index in [9.17, 15) is 0 Å². The Morgan fingerprint density at radius 3 is 2.79 bits per heavy atom. The van der Waals surface area contributed by atoms with E-state index in [4.69, 9.17) is 4.74 Å². The normalized spacial score (nSPS) is 43.0. The highest BCUT2D eigenvalue weighted by atomic mass is 16.5. The van der Waals surface area contributed by atoms with Gasteiger partial charge in [0.2, 0.25) is 0 Å². The second-order valence-corrected chi connectivity index (χ2v) is 4.63. The highest BCUT2D eigenvalue weighted by Crippen LogP contribution is 2.21. The highest BCUT2D eigenvalue weighted by molar-refractivity contribution is 5.00. The van der Waals surface area contributed by atoms with Crippen molar-refractivity contribution >= 4 is 0 Å². The van der Waals surface area contributed by atoms with Crippen molar-refractivity contribution in [3.05, 3.63) is 12.2 Å². The van der Waals surface area contributed by atoms with Gasteiger partial charge in [-0.1, -0.05) is 12.2 Å². The number of rotatable bonds is 2. The van der Waals surface area contributed by atoms with Gasteiger partial charge in [-0.2, -0.15) is 0 Å². The number of ether oxygens (including phenoxy) is 1. The first-order valence-corrected chi connectivity index (χ1v) is 5.84. The molecule has 14 heavy (non-hydrogen) atoms. The third-order valence-electron chi connectivity index (χ3n) is 3.28. The van der Waals surface area contributed by atoms with Gasteiger partial charge in [0.05, 0.1) is 12.2 Å². The van der Waals surface area contributed by atoms with Gasteiger partial charge in [0.1, 0.15) is 0 Å². The largest absolute Gasteiger partial charge is 0.374 e. The Balaban J connectivity index is 1.84. The topological polar surface area (TPSA) is 21.3 Å². The molecule has 2 nitrogen and oxygen atoms in total. The van der Waals surface area contributed by atoms with Gasteiger partial charge in [-0.05, 0) is 39.5 Å². The second-order valence-electron chi connectivity index (χ2n) is 4.63. The first-order valence-electron chi connectivity index (χ1n) is 5.84. The van der Waals surface area contributed by atoms with Gasteiger partial charge in [-0.3, -0.25) is 0 Å². The van der Waals surface area contributed by atoms with Gasteiger partial charge >= 0.3 is 0 Å². The van der Waals surface area contributed by atoms with Crippen LogP contribution < -0.4 is 5.32 Å². The lowest BCUT2D eigenvalue weighted by atomic mass is 10.0. The molecule has 80 valence electrons. The molecule has 1 fully saturated rings. The van der Waals surface area contributed by atoms with Crippen molar-refractivity contribution in [2.24, 2.45) is 0 Å². The zero-order valence-electron chi connectivity index (χ0n) is 9.20. The van der Waals surface area contributed by atoms with Crippen LogP contribution in [0.1, 0.15) is 39.5 Å². The molecule has 0 aromatic heterocycles. The molecule has 0 saturated carbocycles. The molecule has 0 aromatic carbocycles. The van der Waals surface area contributed by atoms with E-state index < -0.39 is 0 Å². The van der Waals surface area contributed by atoms with E-state index in [1.807, 2.05) is 0 Å². The van der Waals surface area contributed by atoms with E-state index in [0.29, 0.717) is 24.3 Å². The average molecular weight is 195 g/mol. The van der Waals surface area contributed by atoms with Gasteiger partial charge in [-0.25, -0.2) is 0 Å². The summed E-state index contributed by atoms with van der Waals surface area (Å²) in [5.41, 5.74) is 0. The summed E-state index contributed by atoms with van der Waals surface area (Å²) in [6, 6.07) is 1.14. The lowest BCUT2D eigenvalue weighted by Gasteiger charge is -2.24. The maximum absolute atomic E-state index is 5.73. The van der Waals surface area contributed by atoms with Crippen molar-refractivity contribution < 1.29 is 4.74 Å². The molecule has 1 saturated heterocycles. The van der Waals surface area contributed by atoms with Crippen molar-refractivity contribution in [1.82, 2.24) is 5.32 Å². The van der Waals surface area contributed by atoms with Gasteiger partial charge in [0.25, 0.3) is 0 Å². The number of allylic oxidation sites excluding steroid dienone is 1. The van der Waals surface area contributed by atoms with Gasteiger partial charge in [0.15, 0.2) is 0 Å². The van der Waals surface area contributed by atoms with Crippen LogP contribution in [0.5, 0.6) is 0 Å². The van der Waals surface area contributed by atoms with Crippen LogP contribution in [0.3, 0.4) is 0 Å². The molecule has 2 heteroatoms. The fourth-order valence-electron chi connectivity index (χ4n) is 2.50. The lowest BCUT2D eigenvalue weighted by Crippen LogP contribution is -2.41. The Morgan fingerprint density at radius 2 is 2.21 bits per heavy atom. The SMILES string of the molecule is CC1CC(NC2C=CCCC2)C(C)O1. The number of nitrogens with one attached hydrogen (secondary N) is 1. The molecule has 1 heterocycles. The van der Waals surface area contributed by atoms with Crippen LogP contribution in [0.4, 0.5) is 0 Å². The third-order valence-corrected chi connectivity index (χ3v) is 3.28. The van der Waals surface area contributed by atoms with E-state index in [-0.39, 0.29) is 0 Å². The van der Waals surface area contributed by atoms with Crippen LogP contribution in [-0.2, 0) is 4.74 Å². The summed E-state index contributed by atoms with van der Waals surface area (Å²) in [7, 11) is 0. The summed E-state index contributed by atoms with van der Waals surface area (Å²) in [6.45, 7) is 4.34. The van der Waals surface area contributed by atoms with Crippen LogP contribution in [0.15, 0.2) is 12.2 Å². The van der Waals surface area contributed by atoms with E-state index in [1.165, 1.54) is 19.3 Å². The molecule has 0 amide bonds. The second kappa shape index (κ2) is 4.45. The number of hydrogen-bond acceptors (Lipinski definition) is 2. The summed E-state index contributed by atoms with van der Waals surface area (Å²) >= 11 is 0. The molecular weight excluding hydrogens is 174 g/mol. The number of hydrogen-bond donors (Lipinski definition) is 1. The van der Waals surface area contributed by atoms with Gasteiger partial charge < -0.3 is 10.1 Å². The predicted molar refractivity (Wildman–Crippen MR) is 58.3 cm³/mol. The summed E-state index contributed by atoms with van der Waals surface area (Å²) in [4.78, 5) is 0. The van der Waals surface area contributed by atoms with Crippen molar-refractivity contribution in [2.45, 2.75) is 63.8 Å². The summed E-state index contributed by atoms with van der Waals surface area (Å²) in [5.74, 6) is 0. The molecule has 0 spiro atoms. The molecule has 1 aliphatic heterocycles. The Kier molecular flexibility index (Phi) is 3.24. The van der Waals surface area contributed by atoms with Crippen LogP contribution in [0, 0.1) is 0 Å². The summed E-state index contributed by atoms with van der Waals surface area (Å²) < 4.78 is 5.73. The zero-order valence-corrected chi connectivity index (χ0v) is 9.20. The summed E-state index contributed by atoms with van der Waals surface area (Å²) in [6.07, 6.45) is 10.4. The lowest BCUT2D eigenvalue weighted by molar-refractivity contribution is 0.0598. The first kappa shape index (κ1) is 10.2. The Bertz CT molecular complexity index is 214. The van der Waals surface area contributed by atoms with Crippen LogP contribution in [-0.4, -0.2) is 24.3 Å². The molecular formula is C12H21NO. The minimum atomic E-state index is 0.375. The van der Waals surface area contributed by atoms with Crippen LogP contribution in [0.2, 0.25) is 0 Å². The van der Waals surface area contributed by atoms with E-state index in [2.05, 4.69) is 31.3 Å². The fraction of sp³-hybridized carbons (Fsp3) is 0.833. The maximum Gasteiger partial charge on any atom is 0.0704 e. The monoisotopic (exact) mass is 195 g/mol. The van der Waals surface area contributed by atoms with Crippen molar-refractivity contribution in [1.29, 1.82) is 0 Å². The Hall–Kier alpha value is -0.340. The minimum absolute atomic E-state index is 0.375. The molecule has 4 unspecified atom stereocenters. The van der Waals surface area contributed by atoms with Crippen LogP contribution >= 0.6 is 0 Å². The molecule has 2 aliphatic rings. The Morgan fingerprint density at radius 1 is 1.36 bits per heavy atom. The molecule has 2 rings (SSSR count). The molecule has 4 atom stereocenters. The van der Waals surface area contributed by atoms with Crippen molar-refractivity contribution in [3.8, 4) is 0 Å².